The number of aromatic nitrogens is 2. The lowest BCUT2D eigenvalue weighted by molar-refractivity contribution is 0.102. The second kappa shape index (κ2) is 5.77. The van der Waals surface area contributed by atoms with E-state index in [0.29, 0.717) is 17.1 Å². The zero-order chi connectivity index (χ0) is 14.7. The van der Waals surface area contributed by atoms with E-state index in [1.807, 2.05) is 39.0 Å². The quantitative estimate of drug-likeness (QED) is 0.932. The lowest BCUT2D eigenvalue weighted by Crippen LogP contribution is -2.14. The number of nitrogens with zero attached hydrogens (tertiary/aromatic N) is 2. The molecule has 0 spiro atoms. The topological polar surface area (TPSA) is 56.2 Å². The molecule has 1 amide bonds. The minimum absolute atomic E-state index is 0.232. The Kier molecular flexibility index (Phi) is 4.08. The van der Waals surface area contributed by atoms with Crippen LogP contribution in [-0.4, -0.2) is 22.8 Å². The third kappa shape index (κ3) is 2.82. The Morgan fingerprint density at radius 1 is 1.35 bits per heavy atom. The van der Waals surface area contributed by atoms with E-state index < -0.39 is 0 Å². The Morgan fingerprint density at radius 2 is 2.10 bits per heavy atom. The molecule has 106 valence electrons. The standard InChI is InChI=1S/C15H19N3O2/c1-5-18-11(3)9-13(17-18)15(19)16-12-8-10(2)6-7-14(12)20-4/h6-9H,5H2,1-4H3,(H,16,19). The van der Waals surface area contributed by atoms with Crippen molar-refractivity contribution in [2.24, 2.45) is 0 Å². The van der Waals surface area contributed by atoms with Crippen LogP contribution in [0.25, 0.3) is 0 Å². The average Bonchev–Trinajstić information content (AvgIpc) is 2.80. The van der Waals surface area contributed by atoms with Gasteiger partial charge in [0.25, 0.3) is 5.91 Å². The fourth-order valence-corrected chi connectivity index (χ4v) is 2.05. The molecule has 5 heteroatoms. The number of hydrogen-bond acceptors (Lipinski definition) is 3. The SMILES string of the molecule is CCn1nc(C(=O)Nc2cc(C)ccc2OC)cc1C. The number of aryl methyl sites for hydroxylation is 3. The fourth-order valence-electron chi connectivity index (χ4n) is 2.05. The largest absolute Gasteiger partial charge is 0.495 e. The molecule has 0 fully saturated rings. The highest BCUT2D eigenvalue weighted by molar-refractivity contribution is 6.03. The van der Waals surface area contributed by atoms with Gasteiger partial charge in [0, 0.05) is 12.2 Å². The van der Waals surface area contributed by atoms with Crippen LogP contribution >= 0.6 is 0 Å². The number of carbonyl (C=O) groups excluding carboxylic acids is 1. The normalized spacial score (nSPS) is 10.4. The van der Waals surface area contributed by atoms with Gasteiger partial charge in [-0.1, -0.05) is 6.07 Å². The maximum atomic E-state index is 12.2. The highest BCUT2D eigenvalue weighted by atomic mass is 16.5. The van der Waals surface area contributed by atoms with Crippen molar-refractivity contribution in [1.29, 1.82) is 0 Å². The molecule has 0 aliphatic rings. The van der Waals surface area contributed by atoms with Crippen LogP contribution in [0.1, 0.15) is 28.7 Å². The number of ether oxygens (including phenoxy) is 1. The van der Waals surface area contributed by atoms with Crippen molar-refractivity contribution in [3.63, 3.8) is 0 Å². The molecule has 1 aromatic heterocycles. The second-order valence-electron chi connectivity index (χ2n) is 4.64. The molecule has 2 aromatic rings. The molecule has 0 atom stereocenters. The molecule has 0 bridgehead atoms. The number of benzene rings is 1. The van der Waals surface area contributed by atoms with Crippen LogP contribution in [0.3, 0.4) is 0 Å². The van der Waals surface area contributed by atoms with Crippen LogP contribution in [0.4, 0.5) is 5.69 Å². The highest BCUT2D eigenvalue weighted by Gasteiger charge is 2.14. The Bertz CT molecular complexity index is 632. The Balaban J connectivity index is 2.25. The highest BCUT2D eigenvalue weighted by Crippen LogP contribution is 2.25. The van der Waals surface area contributed by atoms with Crippen molar-refractivity contribution in [2.45, 2.75) is 27.3 Å². The monoisotopic (exact) mass is 273 g/mol. The van der Waals surface area contributed by atoms with Crippen molar-refractivity contribution < 1.29 is 9.53 Å². The maximum Gasteiger partial charge on any atom is 0.276 e. The Labute approximate surface area is 118 Å². The van der Waals surface area contributed by atoms with Crippen molar-refractivity contribution in [1.82, 2.24) is 9.78 Å². The van der Waals surface area contributed by atoms with Gasteiger partial charge in [-0.05, 0) is 44.5 Å². The summed E-state index contributed by atoms with van der Waals surface area (Å²) in [6.45, 7) is 6.63. The lowest BCUT2D eigenvalue weighted by Gasteiger charge is -2.10. The van der Waals surface area contributed by atoms with E-state index in [2.05, 4.69) is 10.4 Å². The van der Waals surface area contributed by atoms with Crippen molar-refractivity contribution >= 4 is 11.6 Å². The van der Waals surface area contributed by atoms with E-state index in [4.69, 9.17) is 4.74 Å². The average molecular weight is 273 g/mol. The van der Waals surface area contributed by atoms with Gasteiger partial charge in [0.15, 0.2) is 5.69 Å². The van der Waals surface area contributed by atoms with Crippen LogP contribution in [0.15, 0.2) is 24.3 Å². The van der Waals surface area contributed by atoms with E-state index >= 15 is 0 Å². The molecule has 1 aromatic carbocycles. The van der Waals surface area contributed by atoms with E-state index in [1.165, 1.54) is 0 Å². The number of methoxy groups -OCH3 is 1. The van der Waals surface area contributed by atoms with Gasteiger partial charge < -0.3 is 10.1 Å². The molecule has 0 aliphatic carbocycles. The first-order valence-corrected chi connectivity index (χ1v) is 6.55. The summed E-state index contributed by atoms with van der Waals surface area (Å²) in [5, 5.41) is 7.11. The number of hydrogen-bond donors (Lipinski definition) is 1. The molecule has 0 saturated heterocycles. The molecule has 1 N–H and O–H groups in total. The smallest absolute Gasteiger partial charge is 0.276 e. The molecule has 2 rings (SSSR count). The van der Waals surface area contributed by atoms with Gasteiger partial charge in [-0.2, -0.15) is 5.10 Å². The molecule has 0 saturated carbocycles. The van der Waals surface area contributed by atoms with Crippen LogP contribution in [-0.2, 0) is 6.54 Å². The maximum absolute atomic E-state index is 12.2. The Morgan fingerprint density at radius 3 is 2.70 bits per heavy atom. The third-order valence-corrected chi connectivity index (χ3v) is 3.12. The minimum atomic E-state index is -0.232. The summed E-state index contributed by atoms with van der Waals surface area (Å²) in [7, 11) is 1.58. The van der Waals surface area contributed by atoms with Crippen LogP contribution < -0.4 is 10.1 Å². The number of amides is 1. The Hall–Kier alpha value is -2.30. The summed E-state index contributed by atoms with van der Waals surface area (Å²) in [5.74, 6) is 0.403. The molecular formula is C15H19N3O2. The number of nitrogens with one attached hydrogen (secondary N) is 1. The molecular weight excluding hydrogens is 254 g/mol. The van der Waals surface area contributed by atoms with Crippen LogP contribution in [0.5, 0.6) is 5.75 Å². The van der Waals surface area contributed by atoms with E-state index in [-0.39, 0.29) is 5.91 Å². The zero-order valence-corrected chi connectivity index (χ0v) is 12.2. The number of anilines is 1. The molecule has 5 nitrogen and oxygen atoms in total. The van der Waals surface area contributed by atoms with Crippen molar-refractivity contribution in [3.8, 4) is 5.75 Å². The first kappa shape index (κ1) is 14.1. The predicted octanol–water partition coefficient (Wildman–Crippen LogP) is 2.78. The van der Waals surface area contributed by atoms with Gasteiger partial charge in [-0.3, -0.25) is 9.48 Å². The summed E-state index contributed by atoms with van der Waals surface area (Å²) in [6, 6.07) is 7.42. The summed E-state index contributed by atoms with van der Waals surface area (Å²) >= 11 is 0. The molecule has 1 heterocycles. The number of rotatable bonds is 4. The third-order valence-electron chi connectivity index (χ3n) is 3.12. The first-order chi connectivity index (χ1) is 9.55. The van der Waals surface area contributed by atoms with E-state index in [1.54, 1.807) is 17.9 Å². The zero-order valence-electron chi connectivity index (χ0n) is 12.2. The van der Waals surface area contributed by atoms with Gasteiger partial charge in [-0.25, -0.2) is 0 Å². The van der Waals surface area contributed by atoms with Gasteiger partial charge in [0.2, 0.25) is 0 Å². The van der Waals surface area contributed by atoms with Gasteiger partial charge in [-0.15, -0.1) is 0 Å². The van der Waals surface area contributed by atoms with Crippen LogP contribution in [0, 0.1) is 13.8 Å². The lowest BCUT2D eigenvalue weighted by atomic mass is 10.2. The summed E-state index contributed by atoms with van der Waals surface area (Å²) in [6.07, 6.45) is 0. The summed E-state index contributed by atoms with van der Waals surface area (Å²) in [5.41, 5.74) is 3.08. The van der Waals surface area contributed by atoms with Crippen LogP contribution in [0.2, 0.25) is 0 Å². The molecule has 0 radical (unpaired) electrons. The van der Waals surface area contributed by atoms with Gasteiger partial charge >= 0.3 is 0 Å². The van der Waals surface area contributed by atoms with Gasteiger partial charge in [0.1, 0.15) is 5.75 Å². The molecule has 0 unspecified atom stereocenters. The van der Waals surface area contributed by atoms with Crippen molar-refractivity contribution in [3.05, 3.63) is 41.2 Å². The fraction of sp³-hybridized carbons (Fsp3) is 0.333. The van der Waals surface area contributed by atoms with Gasteiger partial charge in [0.05, 0.1) is 12.8 Å². The predicted molar refractivity (Wildman–Crippen MR) is 78.3 cm³/mol. The number of carbonyl (C=O) groups is 1. The molecule has 0 aliphatic heterocycles. The first-order valence-electron chi connectivity index (χ1n) is 6.55. The second-order valence-corrected chi connectivity index (χ2v) is 4.64. The van der Waals surface area contributed by atoms with E-state index in [0.717, 1.165) is 17.8 Å². The summed E-state index contributed by atoms with van der Waals surface area (Å²) in [4.78, 5) is 12.2. The van der Waals surface area contributed by atoms with E-state index in [9.17, 15) is 4.79 Å². The minimum Gasteiger partial charge on any atom is -0.495 e. The molecule has 20 heavy (non-hydrogen) atoms. The van der Waals surface area contributed by atoms with Crippen molar-refractivity contribution in [2.75, 3.05) is 12.4 Å². The summed E-state index contributed by atoms with van der Waals surface area (Å²) < 4.78 is 7.04.